The maximum absolute atomic E-state index is 12.7. The summed E-state index contributed by atoms with van der Waals surface area (Å²) >= 11 is 5.87. The number of carbonyl (C=O) groups is 2. The first-order valence-electron chi connectivity index (χ1n) is 7.06. The number of nitrogens with zero attached hydrogens (tertiary/aromatic N) is 2. The molecule has 128 valence electrons. The second kappa shape index (κ2) is 6.00. The second-order valence-electron chi connectivity index (χ2n) is 5.40. The van der Waals surface area contributed by atoms with Crippen molar-refractivity contribution in [2.75, 3.05) is 6.54 Å². The third-order valence-corrected chi connectivity index (χ3v) is 4.02. The lowest BCUT2D eigenvalue weighted by molar-refractivity contribution is -0.137. The standard InChI is InChI=1S/C17H10ClF3N2O2/c1-9(14-13(18)6-10(7-22-14)17(19,20)21)8-23-15(24)11-4-2-3-5-12(11)16(23)25/h2-7H,1,8H2. The molecule has 0 saturated carbocycles. The van der Waals surface area contributed by atoms with Crippen LogP contribution in [0.1, 0.15) is 32.0 Å². The van der Waals surface area contributed by atoms with Crippen LogP contribution in [-0.4, -0.2) is 28.2 Å². The topological polar surface area (TPSA) is 50.3 Å². The van der Waals surface area contributed by atoms with Gasteiger partial charge in [0.25, 0.3) is 11.8 Å². The highest BCUT2D eigenvalue weighted by Crippen LogP contribution is 2.33. The van der Waals surface area contributed by atoms with Crippen molar-refractivity contribution in [3.63, 3.8) is 0 Å². The van der Waals surface area contributed by atoms with Gasteiger partial charge in [0, 0.05) is 6.20 Å². The smallest absolute Gasteiger partial charge is 0.270 e. The Morgan fingerprint density at radius 2 is 1.72 bits per heavy atom. The van der Waals surface area contributed by atoms with Crippen LogP contribution in [-0.2, 0) is 6.18 Å². The predicted molar refractivity (Wildman–Crippen MR) is 85.1 cm³/mol. The third kappa shape index (κ3) is 3.02. The van der Waals surface area contributed by atoms with Crippen LogP contribution in [0.4, 0.5) is 13.2 Å². The molecule has 2 heterocycles. The number of carbonyl (C=O) groups excluding carboxylic acids is 2. The van der Waals surface area contributed by atoms with Gasteiger partial charge in [0.1, 0.15) is 0 Å². The highest BCUT2D eigenvalue weighted by molar-refractivity contribution is 6.32. The zero-order valence-corrected chi connectivity index (χ0v) is 13.4. The summed E-state index contributed by atoms with van der Waals surface area (Å²) in [4.78, 5) is 29.3. The number of halogens is 4. The van der Waals surface area contributed by atoms with Crippen molar-refractivity contribution in [3.8, 4) is 0 Å². The molecule has 1 aromatic heterocycles. The molecule has 3 rings (SSSR count). The first-order valence-corrected chi connectivity index (χ1v) is 7.44. The molecule has 8 heteroatoms. The lowest BCUT2D eigenvalue weighted by Crippen LogP contribution is -2.31. The molecule has 0 fully saturated rings. The number of alkyl halides is 3. The molecule has 1 aliphatic heterocycles. The molecule has 2 aromatic rings. The summed E-state index contributed by atoms with van der Waals surface area (Å²) in [6.45, 7) is 3.48. The zero-order valence-electron chi connectivity index (χ0n) is 12.6. The van der Waals surface area contributed by atoms with E-state index in [1.54, 1.807) is 12.1 Å². The predicted octanol–water partition coefficient (Wildman–Crippen LogP) is 4.06. The molecule has 0 N–H and O–H groups in total. The summed E-state index contributed by atoms with van der Waals surface area (Å²) in [5, 5.41) is -0.253. The van der Waals surface area contributed by atoms with E-state index in [4.69, 9.17) is 11.6 Å². The Kier molecular flexibility index (Phi) is 4.12. The summed E-state index contributed by atoms with van der Waals surface area (Å²) in [5.41, 5.74) is -0.284. The van der Waals surface area contributed by atoms with Gasteiger partial charge in [-0.3, -0.25) is 19.5 Å². The van der Waals surface area contributed by atoms with Crippen LogP contribution in [0, 0.1) is 0 Å². The summed E-state index contributed by atoms with van der Waals surface area (Å²) in [6, 6.07) is 7.06. The van der Waals surface area contributed by atoms with E-state index >= 15 is 0 Å². The van der Waals surface area contributed by atoms with Crippen LogP contribution >= 0.6 is 11.6 Å². The van der Waals surface area contributed by atoms with Crippen molar-refractivity contribution in [3.05, 3.63) is 70.5 Å². The van der Waals surface area contributed by atoms with Crippen LogP contribution in [0.25, 0.3) is 5.57 Å². The van der Waals surface area contributed by atoms with E-state index in [0.29, 0.717) is 6.20 Å². The minimum absolute atomic E-state index is 0.00576. The van der Waals surface area contributed by atoms with Gasteiger partial charge in [0.2, 0.25) is 0 Å². The average molecular weight is 367 g/mol. The van der Waals surface area contributed by atoms with E-state index in [1.807, 2.05) is 0 Å². The largest absolute Gasteiger partial charge is 0.417 e. The SMILES string of the molecule is C=C(CN1C(=O)c2ccccc2C1=O)c1ncc(C(F)(F)F)cc1Cl. The number of benzene rings is 1. The molecule has 1 aliphatic rings. The van der Waals surface area contributed by atoms with Gasteiger partial charge >= 0.3 is 6.18 Å². The van der Waals surface area contributed by atoms with Gasteiger partial charge in [-0.2, -0.15) is 13.2 Å². The van der Waals surface area contributed by atoms with Crippen LogP contribution in [0.15, 0.2) is 43.1 Å². The van der Waals surface area contributed by atoms with Crippen molar-refractivity contribution in [2.45, 2.75) is 6.18 Å². The number of imide groups is 1. The molecule has 0 aliphatic carbocycles. The number of rotatable bonds is 3. The van der Waals surface area contributed by atoms with Crippen LogP contribution in [0.3, 0.4) is 0 Å². The lowest BCUT2D eigenvalue weighted by Gasteiger charge is -2.16. The Morgan fingerprint density at radius 3 is 2.20 bits per heavy atom. The molecule has 4 nitrogen and oxygen atoms in total. The summed E-state index contributed by atoms with van der Waals surface area (Å²) in [7, 11) is 0. The quantitative estimate of drug-likeness (QED) is 0.770. The van der Waals surface area contributed by atoms with Crippen molar-refractivity contribution in [2.24, 2.45) is 0 Å². The molecule has 1 aromatic carbocycles. The molecule has 0 spiro atoms. The fraction of sp³-hybridized carbons (Fsp3) is 0.118. The Hall–Kier alpha value is -2.67. The van der Waals surface area contributed by atoms with Gasteiger partial charge in [0.15, 0.2) is 0 Å². The fourth-order valence-electron chi connectivity index (χ4n) is 2.50. The number of amides is 2. The molecule has 0 bridgehead atoms. The van der Waals surface area contributed by atoms with Gasteiger partial charge in [-0.05, 0) is 23.8 Å². The van der Waals surface area contributed by atoms with Gasteiger partial charge in [-0.15, -0.1) is 0 Å². The maximum atomic E-state index is 12.7. The van der Waals surface area contributed by atoms with Gasteiger partial charge < -0.3 is 0 Å². The molecule has 0 radical (unpaired) electrons. The minimum atomic E-state index is -4.57. The van der Waals surface area contributed by atoms with Crippen molar-refractivity contribution in [1.29, 1.82) is 0 Å². The molecular formula is C17H10ClF3N2O2. The lowest BCUT2D eigenvalue weighted by atomic mass is 10.1. The summed E-state index contributed by atoms with van der Waals surface area (Å²) in [5.74, 6) is -0.991. The fourth-order valence-corrected chi connectivity index (χ4v) is 2.80. The first kappa shape index (κ1) is 17.2. The van der Waals surface area contributed by atoms with Gasteiger partial charge in [-0.25, -0.2) is 0 Å². The number of fused-ring (bicyclic) bond motifs is 1. The van der Waals surface area contributed by atoms with Gasteiger partial charge in [0.05, 0.1) is 34.0 Å². The minimum Gasteiger partial charge on any atom is -0.270 e. The van der Waals surface area contributed by atoms with E-state index in [1.165, 1.54) is 12.1 Å². The average Bonchev–Trinajstić information content (AvgIpc) is 2.79. The number of hydrogen-bond donors (Lipinski definition) is 0. The Labute approximate surface area is 145 Å². The Morgan fingerprint density at radius 1 is 1.16 bits per heavy atom. The molecular weight excluding hydrogens is 357 g/mol. The van der Waals surface area contributed by atoms with E-state index in [9.17, 15) is 22.8 Å². The molecule has 0 unspecified atom stereocenters. The maximum Gasteiger partial charge on any atom is 0.417 e. The van der Waals surface area contributed by atoms with Gasteiger partial charge in [-0.1, -0.05) is 30.3 Å². The van der Waals surface area contributed by atoms with E-state index in [-0.39, 0.29) is 34.0 Å². The normalized spacial score (nSPS) is 14.0. The monoisotopic (exact) mass is 366 g/mol. The van der Waals surface area contributed by atoms with Crippen LogP contribution < -0.4 is 0 Å². The summed E-state index contributed by atoms with van der Waals surface area (Å²) in [6.07, 6.45) is -3.94. The van der Waals surface area contributed by atoms with Crippen LogP contribution in [0.2, 0.25) is 5.02 Å². The number of pyridine rings is 1. The third-order valence-electron chi connectivity index (χ3n) is 3.73. The zero-order chi connectivity index (χ0) is 18.4. The Balaban J connectivity index is 1.85. The number of hydrogen-bond acceptors (Lipinski definition) is 3. The van der Waals surface area contributed by atoms with E-state index in [0.717, 1.165) is 11.0 Å². The highest BCUT2D eigenvalue weighted by atomic mass is 35.5. The van der Waals surface area contributed by atoms with Crippen LogP contribution in [0.5, 0.6) is 0 Å². The summed E-state index contributed by atoms with van der Waals surface area (Å²) < 4.78 is 38.0. The first-order chi connectivity index (χ1) is 11.7. The van der Waals surface area contributed by atoms with E-state index < -0.39 is 23.6 Å². The molecule has 0 saturated heterocycles. The van der Waals surface area contributed by atoms with E-state index in [2.05, 4.69) is 11.6 Å². The molecule has 0 atom stereocenters. The van der Waals surface area contributed by atoms with Crippen molar-refractivity contribution >= 4 is 29.0 Å². The molecule has 2 amide bonds. The second-order valence-corrected chi connectivity index (χ2v) is 5.80. The highest BCUT2D eigenvalue weighted by Gasteiger charge is 2.36. The molecule has 25 heavy (non-hydrogen) atoms. The number of aromatic nitrogens is 1. The Bertz CT molecular complexity index is 874. The van der Waals surface area contributed by atoms with Crippen molar-refractivity contribution < 1.29 is 22.8 Å². The van der Waals surface area contributed by atoms with Crippen molar-refractivity contribution in [1.82, 2.24) is 9.88 Å².